The maximum absolute atomic E-state index is 5.06. The molecule has 0 bridgehead atoms. The Bertz CT molecular complexity index is 28.4. The molecule has 0 aromatic heterocycles. The number of alkyl halides is 3. The molecule has 0 aromatic rings. The Morgan fingerprint density at radius 2 is 1.33 bits per heavy atom. The molecule has 0 saturated carbocycles. The molecule has 0 fully saturated rings. The average Bonchev–Trinajstić information content (AvgIpc) is 0.722. The molecule has 6 heavy (non-hydrogen) atoms. The molecule has 0 spiro atoms. The van der Waals surface area contributed by atoms with Crippen LogP contribution in [0, 0.1) is 0 Å². The molecule has 0 radical (unpaired) electrons. The van der Waals surface area contributed by atoms with Crippen molar-refractivity contribution in [1.29, 1.82) is 0 Å². The van der Waals surface area contributed by atoms with Crippen LogP contribution in [-0.4, -0.2) is 3.79 Å². The third-order valence-corrected chi connectivity index (χ3v) is 0. The summed E-state index contributed by atoms with van der Waals surface area (Å²) in [6.07, 6.45) is 0. The average molecular weight is 141 g/mol. The maximum Gasteiger partial charge on any atom is 1.00 e. The van der Waals surface area contributed by atoms with E-state index in [2.05, 4.69) is 0 Å². The molecule has 0 atom stereocenters. The summed E-state index contributed by atoms with van der Waals surface area (Å²) < 4.78 is -1.08. The van der Waals surface area contributed by atoms with Crippen molar-refractivity contribution in [1.82, 2.24) is 0 Å². The Labute approximate surface area is 65.8 Å². The summed E-state index contributed by atoms with van der Waals surface area (Å²) in [5, 5.41) is 0. The predicted octanol–water partition coefficient (Wildman–Crippen LogP) is -0.507. The molecule has 0 aromatic carbocycles. The monoisotopic (exact) mass is 140 g/mol. The zero-order valence-corrected chi connectivity index (χ0v) is 5.90. The molecule has 0 aliphatic rings. The van der Waals surface area contributed by atoms with Crippen molar-refractivity contribution in [2.75, 3.05) is 0 Å². The summed E-state index contributed by atoms with van der Waals surface area (Å²) in [4.78, 5) is 0. The fourth-order valence-corrected chi connectivity index (χ4v) is 0. The van der Waals surface area contributed by atoms with E-state index in [0.29, 0.717) is 0 Å². The first-order valence-corrected chi connectivity index (χ1v) is 2.20. The maximum atomic E-state index is 5.06. The van der Waals surface area contributed by atoms with Crippen LogP contribution >= 0.6 is 34.8 Å². The van der Waals surface area contributed by atoms with E-state index in [1.807, 2.05) is 0 Å². The fourth-order valence-electron chi connectivity index (χ4n) is 0. The molecule has 0 nitrogen and oxygen atoms in total. The quantitative estimate of drug-likeness (QED) is 0.315. The van der Waals surface area contributed by atoms with Crippen molar-refractivity contribution >= 4 is 34.8 Å². The topological polar surface area (TPSA) is 0 Å². The number of hydrogen-bond acceptors (Lipinski definition) is 0. The minimum atomic E-state index is -1.08. The van der Waals surface area contributed by atoms with E-state index in [9.17, 15) is 0 Å². The summed E-state index contributed by atoms with van der Waals surface area (Å²) in [6, 6.07) is 0. The minimum Gasteiger partial charge on any atom is -1.00 e. The summed E-state index contributed by atoms with van der Waals surface area (Å²) in [7, 11) is 0. The van der Waals surface area contributed by atoms with Crippen LogP contribution in [0.3, 0.4) is 0 Å². The summed E-state index contributed by atoms with van der Waals surface area (Å²) in [5.41, 5.74) is 0. The second-order valence-electron chi connectivity index (χ2n) is 0.781. The van der Waals surface area contributed by atoms with Gasteiger partial charge in [-0.2, -0.15) is 0 Å². The summed E-state index contributed by atoms with van der Waals surface area (Å²) >= 11 is 15.2. The predicted molar refractivity (Wildman–Crippen MR) is 27.1 cm³/mol. The van der Waals surface area contributed by atoms with Crippen LogP contribution in [0.4, 0.5) is 0 Å². The first-order valence-electron chi connectivity index (χ1n) is 1.07. The van der Waals surface area contributed by atoms with E-state index in [4.69, 9.17) is 34.8 Å². The van der Waals surface area contributed by atoms with Crippen LogP contribution in [0.5, 0.6) is 0 Å². The molecule has 34 valence electrons. The third-order valence-electron chi connectivity index (χ3n) is 0. The smallest absolute Gasteiger partial charge is 1.00 e. The Morgan fingerprint density at radius 3 is 1.33 bits per heavy atom. The van der Waals surface area contributed by atoms with Gasteiger partial charge in [0.05, 0.1) is 0 Å². The molecule has 0 unspecified atom stereocenters. The van der Waals surface area contributed by atoms with E-state index in [0.717, 1.165) is 0 Å². The van der Waals surface area contributed by atoms with Gasteiger partial charge in [0.2, 0.25) is 0 Å². The minimum absolute atomic E-state index is 0. The van der Waals surface area contributed by atoms with Gasteiger partial charge in [-0.25, -0.2) is 0 Å². The van der Waals surface area contributed by atoms with E-state index in [1.54, 1.807) is 0 Å². The van der Waals surface area contributed by atoms with Gasteiger partial charge in [0.1, 0.15) is 0 Å². The van der Waals surface area contributed by atoms with Crippen molar-refractivity contribution in [3.8, 4) is 0 Å². The molecular weight excluding hydrogens is 137 g/mol. The Hall–Kier alpha value is 1.47. The van der Waals surface area contributed by atoms with Gasteiger partial charge in [0.15, 0.2) is 3.79 Å². The Morgan fingerprint density at radius 1 is 1.33 bits per heavy atom. The SMILES string of the molecule is CC(Cl)(Cl)Cl.[H-].[Li+]. The Balaban J connectivity index is -0.0000000800. The molecule has 0 aliphatic carbocycles. The van der Waals surface area contributed by atoms with E-state index in [1.165, 1.54) is 6.92 Å². The molecule has 4 heteroatoms. The van der Waals surface area contributed by atoms with Crippen LogP contribution < -0.4 is 18.9 Å². The van der Waals surface area contributed by atoms with E-state index in [-0.39, 0.29) is 20.3 Å². The molecule has 0 heterocycles. The van der Waals surface area contributed by atoms with Gasteiger partial charge in [-0.15, -0.1) is 0 Å². The van der Waals surface area contributed by atoms with Gasteiger partial charge in [-0.1, -0.05) is 34.8 Å². The van der Waals surface area contributed by atoms with Crippen molar-refractivity contribution in [3.63, 3.8) is 0 Å². The molecular formula is C2H4Cl3Li. The zero-order chi connectivity index (χ0) is 4.50. The van der Waals surface area contributed by atoms with Gasteiger partial charge >= 0.3 is 18.9 Å². The van der Waals surface area contributed by atoms with Crippen molar-refractivity contribution < 1.29 is 20.3 Å². The van der Waals surface area contributed by atoms with E-state index < -0.39 is 3.79 Å². The van der Waals surface area contributed by atoms with Gasteiger partial charge in [-0.3, -0.25) is 0 Å². The van der Waals surface area contributed by atoms with Crippen molar-refractivity contribution in [2.24, 2.45) is 0 Å². The summed E-state index contributed by atoms with van der Waals surface area (Å²) in [5.74, 6) is 0. The standard InChI is InChI=1S/C2H3Cl3.Li.H/c1-2(3,4)5;;/h1H3;;/q;+1;-1. The molecule has 0 amide bonds. The third kappa shape index (κ3) is 50.7. The van der Waals surface area contributed by atoms with Gasteiger partial charge in [0, 0.05) is 0 Å². The van der Waals surface area contributed by atoms with Crippen LogP contribution in [0.25, 0.3) is 0 Å². The van der Waals surface area contributed by atoms with Crippen LogP contribution in [0.2, 0.25) is 0 Å². The van der Waals surface area contributed by atoms with Crippen LogP contribution in [0.1, 0.15) is 8.35 Å². The second-order valence-corrected chi connectivity index (χ2v) is 3.63. The molecule has 0 aliphatic heterocycles. The molecule has 0 N–H and O–H groups in total. The van der Waals surface area contributed by atoms with Crippen molar-refractivity contribution in [3.05, 3.63) is 0 Å². The summed E-state index contributed by atoms with van der Waals surface area (Å²) in [6.45, 7) is 1.48. The van der Waals surface area contributed by atoms with Crippen LogP contribution in [-0.2, 0) is 0 Å². The first kappa shape index (κ1) is 10.4. The van der Waals surface area contributed by atoms with Crippen molar-refractivity contribution in [2.45, 2.75) is 10.7 Å². The number of halogens is 3. The van der Waals surface area contributed by atoms with Gasteiger partial charge in [-0.05, 0) is 6.92 Å². The molecule has 0 rings (SSSR count). The fraction of sp³-hybridized carbons (Fsp3) is 1.00. The van der Waals surface area contributed by atoms with E-state index >= 15 is 0 Å². The molecule has 0 saturated heterocycles. The normalized spacial score (nSPS) is 10.0. The second kappa shape index (κ2) is 3.47. The van der Waals surface area contributed by atoms with Gasteiger partial charge < -0.3 is 1.43 Å². The van der Waals surface area contributed by atoms with Crippen LogP contribution in [0.15, 0.2) is 0 Å². The zero-order valence-electron chi connectivity index (χ0n) is 4.63. The number of rotatable bonds is 0. The Kier molecular flexibility index (Phi) is 6.04. The number of hydrogen-bond donors (Lipinski definition) is 0. The van der Waals surface area contributed by atoms with Gasteiger partial charge in [0.25, 0.3) is 0 Å². The largest absolute Gasteiger partial charge is 1.00 e. The first-order chi connectivity index (χ1) is 2.00.